The molecule has 2 aromatic rings. The molecule has 0 aliphatic rings. The quantitative estimate of drug-likeness (QED) is 0.834. The van der Waals surface area contributed by atoms with Gasteiger partial charge in [0.25, 0.3) is 0 Å². The summed E-state index contributed by atoms with van der Waals surface area (Å²) < 4.78 is 5.77. The zero-order chi connectivity index (χ0) is 13.5. The lowest BCUT2D eigenvalue weighted by Gasteiger charge is -2.11. The van der Waals surface area contributed by atoms with Gasteiger partial charge in [0, 0.05) is 25.5 Å². The van der Waals surface area contributed by atoms with E-state index in [1.54, 1.807) is 6.20 Å². The van der Waals surface area contributed by atoms with Crippen molar-refractivity contribution in [2.24, 2.45) is 0 Å². The predicted octanol–water partition coefficient (Wildman–Crippen LogP) is 2.24. The van der Waals surface area contributed by atoms with Gasteiger partial charge >= 0.3 is 0 Å². The second-order valence-corrected chi connectivity index (χ2v) is 4.16. The van der Waals surface area contributed by atoms with Crippen LogP contribution >= 0.6 is 0 Å². The van der Waals surface area contributed by atoms with E-state index in [2.05, 4.69) is 10.3 Å². The van der Waals surface area contributed by atoms with Crippen molar-refractivity contribution in [2.75, 3.05) is 19.0 Å². The number of aromatic nitrogens is 1. The minimum Gasteiger partial charge on any atom is -0.487 e. The van der Waals surface area contributed by atoms with Crippen LogP contribution in [0.5, 0.6) is 5.75 Å². The molecule has 0 atom stereocenters. The van der Waals surface area contributed by atoms with Gasteiger partial charge in [0.1, 0.15) is 12.4 Å². The maximum Gasteiger partial charge on any atom is 0.130 e. The lowest BCUT2D eigenvalue weighted by molar-refractivity contribution is 0.282. The summed E-state index contributed by atoms with van der Waals surface area (Å²) in [6, 6.07) is 11.6. The minimum absolute atomic E-state index is 0.119. The first-order chi connectivity index (χ1) is 9.33. The average Bonchev–Trinajstić information content (AvgIpc) is 2.47. The zero-order valence-corrected chi connectivity index (χ0v) is 11.0. The molecule has 100 valence electrons. The molecule has 0 aliphatic carbocycles. The van der Waals surface area contributed by atoms with Crippen molar-refractivity contribution in [1.29, 1.82) is 0 Å². The average molecular weight is 258 g/mol. The van der Waals surface area contributed by atoms with Gasteiger partial charge in [-0.2, -0.15) is 0 Å². The highest BCUT2D eigenvalue weighted by molar-refractivity contribution is 5.42. The Bertz CT molecular complexity index is 529. The van der Waals surface area contributed by atoms with E-state index in [0.29, 0.717) is 13.0 Å². The molecular weight excluding hydrogens is 240 g/mol. The van der Waals surface area contributed by atoms with Crippen molar-refractivity contribution >= 4 is 5.69 Å². The summed E-state index contributed by atoms with van der Waals surface area (Å²) in [6.07, 6.45) is 2.35. The molecular formula is C15H18N2O2. The topological polar surface area (TPSA) is 54.4 Å². The Balaban J connectivity index is 2.05. The van der Waals surface area contributed by atoms with Crippen LogP contribution in [0, 0.1) is 0 Å². The Labute approximate surface area is 113 Å². The van der Waals surface area contributed by atoms with E-state index >= 15 is 0 Å². The first kappa shape index (κ1) is 13.4. The fraction of sp³-hybridized carbons (Fsp3) is 0.267. The molecule has 0 unspecified atom stereocenters. The van der Waals surface area contributed by atoms with Crippen LogP contribution in [0.2, 0.25) is 0 Å². The van der Waals surface area contributed by atoms with Gasteiger partial charge in [-0.15, -0.1) is 0 Å². The summed E-state index contributed by atoms with van der Waals surface area (Å²) in [4.78, 5) is 4.26. The molecule has 1 heterocycles. The van der Waals surface area contributed by atoms with Gasteiger partial charge in [0.15, 0.2) is 0 Å². The highest BCUT2D eigenvalue weighted by Crippen LogP contribution is 2.19. The standard InChI is InChI=1S/C15H18N2O2/c1-16-13-6-8-17-14(10-13)11-19-15-5-3-2-4-12(15)7-9-18/h2-6,8,10,18H,7,9,11H2,1H3,(H,16,17). The number of hydrogen-bond acceptors (Lipinski definition) is 4. The molecule has 0 radical (unpaired) electrons. The Morgan fingerprint density at radius 3 is 2.89 bits per heavy atom. The van der Waals surface area contributed by atoms with E-state index in [-0.39, 0.29) is 6.61 Å². The van der Waals surface area contributed by atoms with Gasteiger partial charge in [-0.3, -0.25) is 4.98 Å². The number of hydrogen-bond donors (Lipinski definition) is 2. The van der Waals surface area contributed by atoms with E-state index in [9.17, 15) is 0 Å². The van der Waals surface area contributed by atoms with Crippen LogP contribution in [0.4, 0.5) is 5.69 Å². The third kappa shape index (κ3) is 3.69. The van der Waals surface area contributed by atoms with Crippen LogP contribution in [0.15, 0.2) is 42.6 Å². The Kier molecular flexibility index (Phi) is 4.75. The van der Waals surface area contributed by atoms with Gasteiger partial charge in [-0.1, -0.05) is 18.2 Å². The van der Waals surface area contributed by atoms with Crippen LogP contribution in [-0.2, 0) is 13.0 Å². The monoisotopic (exact) mass is 258 g/mol. The first-order valence-corrected chi connectivity index (χ1v) is 6.27. The summed E-state index contributed by atoms with van der Waals surface area (Å²) in [5.74, 6) is 0.799. The molecule has 0 aliphatic heterocycles. The van der Waals surface area contributed by atoms with Gasteiger partial charge in [-0.05, 0) is 30.2 Å². The second kappa shape index (κ2) is 6.75. The second-order valence-electron chi connectivity index (χ2n) is 4.16. The van der Waals surface area contributed by atoms with E-state index in [0.717, 1.165) is 22.7 Å². The lowest BCUT2D eigenvalue weighted by atomic mass is 10.1. The summed E-state index contributed by atoms with van der Waals surface area (Å²) in [7, 11) is 1.87. The number of ether oxygens (including phenoxy) is 1. The van der Waals surface area contributed by atoms with Gasteiger partial charge < -0.3 is 15.2 Å². The Hall–Kier alpha value is -2.07. The number of pyridine rings is 1. The van der Waals surface area contributed by atoms with Gasteiger partial charge in [0.2, 0.25) is 0 Å². The van der Waals surface area contributed by atoms with Crippen molar-refractivity contribution in [1.82, 2.24) is 4.98 Å². The molecule has 0 saturated carbocycles. The van der Waals surface area contributed by atoms with Crippen molar-refractivity contribution in [3.05, 3.63) is 53.9 Å². The minimum atomic E-state index is 0.119. The molecule has 4 nitrogen and oxygen atoms in total. The first-order valence-electron chi connectivity index (χ1n) is 6.27. The fourth-order valence-electron chi connectivity index (χ4n) is 1.84. The Morgan fingerprint density at radius 1 is 1.26 bits per heavy atom. The van der Waals surface area contributed by atoms with E-state index in [4.69, 9.17) is 9.84 Å². The van der Waals surface area contributed by atoms with Crippen LogP contribution < -0.4 is 10.1 Å². The molecule has 1 aromatic carbocycles. The molecule has 0 spiro atoms. The van der Waals surface area contributed by atoms with Crippen LogP contribution in [-0.4, -0.2) is 23.7 Å². The summed E-state index contributed by atoms with van der Waals surface area (Å²) >= 11 is 0. The maximum atomic E-state index is 9.02. The third-order valence-electron chi connectivity index (χ3n) is 2.83. The third-order valence-corrected chi connectivity index (χ3v) is 2.83. The van der Waals surface area contributed by atoms with E-state index < -0.39 is 0 Å². The summed E-state index contributed by atoms with van der Waals surface area (Å²) in [6.45, 7) is 0.534. The number of nitrogens with zero attached hydrogens (tertiary/aromatic N) is 1. The van der Waals surface area contributed by atoms with Crippen molar-refractivity contribution in [3.63, 3.8) is 0 Å². The molecule has 0 bridgehead atoms. The molecule has 1 aromatic heterocycles. The zero-order valence-electron chi connectivity index (χ0n) is 11.0. The molecule has 19 heavy (non-hydrogen) atoms. The molecule has 2 N–H and O–H groups in total. The predicted molar refractivity (Wildman–Crippen MR) is 75.3 cm³/mol. The number of aliphatic hydroxyl groups is 1. The lowest BCUT2D eigenvalue weighted by Crippen LogP contribution is -2.02. The highest BCUT2D eigenvalue weighted by Gasteiger charge is 2.03. The van der Waals surface area contributed by atoms with Crippen LogP contribution in [0.1, 0.15) is 11.3 Å². The van der Waals surface area contributed by atoms with Gasteiger partial charge in [-0.25, -0.2) is 0 Å². The maximum absolute atomic E-state index is 9.02. The van der Waals surface area contributed by atoms with Gasteiger partial charge in [0.05, 0.1) is 5.69 Å². The molecule has 0 amide bonds. The van der Waals surface area contributed by atoms with Crippen LogP contribution in [0.3, 0.4) is 0 Å². The number of nitrogens with one attached hydrogen (secondary N) is 1. The fourth-order valence-corrected chi connectivity index (χ4v) is 1.84. The SMILES string of the molecule is CNc1ccnc(COc2ccccc2CCO)c1. The van der Waals surface area contributed by atoms with Crippen molar-refractivity contribution < 1.29 is 9.84 Å². The number of aliphatic hydroxyl groups excluding tert-OH is 1. The number of benzene rings is 1. The van der Waals surface area contributed by atoms with E-state index in [1.165, 1.54) is 0 Å². The highest BCUT2D eigenvalue weighted by atomic mass is 16.5. The summed E-state index contributed by atoms with van der Waals surface area (Å²) in [5.41, 5.74) is 2.89. The molecule has 4 heteroatoms. The van der Waals surface area contributed by atoms with Crippen LogP contribution in [0.25, 0.3) is 0 Å². The Morgan fingerprint density at radius 2 is 2.11 bits per heavy atom. The number of para-hydroxylation sites is 1. The number of anilines is 1. The van der Waals surface area contributed by atoms with E-state index in [1.807, 2.05) is 43.4 Å². The van der Waals surface area contributed by atoms with Crippen molar-refractivity contribution in [3.8, 4) is 5.75 Å². The molecule has 0 saturated heterocycles. The smallest absolute Gasteiger partial charge is 0.130 e. The summed E-state index contributed by atoms with van der Waals surface area (Å²) in [5, 5.41) is 12.1. The molecule has 0 fully saturated rings. The van der Waals surface area contributed by atoms with Crippen molar-refractivity contribution in [2.45, 2.75) is 13.0 Å². The largest absolute Gasteiger partial charge is 0.487 e. The normalized spacial score (nSPS) is 10.2. The number of rotatable bonds is 6. The molecule has 2 rings (SSSR count).